The van der Waals surface area contributed by atoms with Gasteiger partial charge >= 0.3 is 0 Å². The van der Waals surface area contributed by atoms with Crippen molar-refractivity contribution in [3.05, 3.63) is 118 Å². The van der Waals surface area contributed by atoms with Crippen molar-refractivity contribution in [2.24, 2.45) is 0 Å². The van der Waals surface area contributed by atoms with Crippen molar-refractivity contribution in [1.29, 1.82) is 0 Å². The van der Waals surface area contributed by atoms with Gasteiger partial charge in [-0.25, -0.2) is 0 Å². The molecule has 7 heteroatoms. The Kier molecular flexibility index (Phi) is 6.36. The summed E-state index contributed by atoms with van der Waals surface area (Å²) in [6, 6.07) is 25.5. The van der Waals surface area contributed by atoms with E-state index in [1.54, 1.807) is 48.5 Å². The molecule has 2 heterocycles. The lowest BCUT2D eigenvalue weighted by Crippen LogP contribution is -2.33. The maximum Gasteiger partial charge on any atom is 0.251 e. The Morgan fingerprint density at radius 3 is 2.06 bits per heavy atom. The smallest absolute Gasteiger partial charge is 0.251 e. The average Bonchev–Trinajstić information content (AvgIpc) is 3.44. The van der Waals surface area contributed by atoms with Crippen LogP contribution in [0.4, 0.5) is 0 Å². The Bertz CT molecular complexity index is 1540. The molecule has 0 saturated heterocycles. The first-order chi connectivity index (χ1) is 17.5. The van der Waals surface area contributed by atoms with Crippen molar-refractivity contribution in [3.63, 3.8) is 0 Å². The van der Waals surface area contributed by atoms with Crippen molar-refractivity contribution >= 4 is 33.6 Å². The molecule has 7 nitrogen and oxygen atoms in total. The molecule has 0 spiro atoms. The number of para-hydroxylation sites is 2. The van der Waals surface area contributed by atoms with Crippen LogP contribution in [-0.4, -0.2) is 28.3 Å². The van der Waals surface area contributed by atoms with Gasteiger partial charge in [0.1, 0.15) is 12.3 Å². The third kappa shape index (κ3) is 4.51. The zero-order chi connectivity index (χ0) is 25.1. The summed E-state index contributed by atoms with van der Waals surface area (Å²) < 4.78 is 7.43. The van der Waals surface area contributed by atoms with Crippen LogP contribution in [0.2, 0.25) is 0 Å². The summed E-state index contributed by atoms with van der Waals surface area (Å²) in [5, 5.41) is 3.76. The Morgan fingerprint density at radius 1 is 0.833 bits per heavy atom. The number of carbonyl (C=O) groups excluding carboxylic acids is 2. The quantitative estimate of drug-likeness (QED) is 0.352. The number of hydrogen-bond acceptors (Lipinski definition) is 4. The van der Waals surface area contributed by atoms with Crippen LogP contribution < -0.4 is 10.7 Å². The standard InChI is InChI=1S/C29H25N3O4/c1-30-29(35)21-14-12-20(13-15-21)17-31(18-22-7-6-16-36-22)27(33)19-32-25-10-4-2-8-23(25)28(34)24-9-3-5-11-26(24)32/h2-16H,17-19H2,1H3,(H,30,35). The maximum absolute atomic E-state index is 13.8. The van der Waals surface area contributed by atoms with E-state index in [1.807, 2.05) is 59.2 Å². The Hall–Kier alpha value is -4.65. The predicted octanol–water partition coefficient (Wildman–Crippen LogP) is 4.34. The second-order valence-corrected chi connectivity index (χ2v) is 8.55. The van der Waals surface area contributed by atoms with Crippen LogP contribution in [0, 0.1) is 0 Å². The lowest BCUT2D eigenvalue weighted by Gasteiger charge is -2.24. The number of furan rings is 1. The summed E-state index contributed by atoms with van der Waals surface area (Å²) in [7, 11) is 1.59. The number of hydrogen-bond donors (Lipinski definition) is 1. The maximum atomic E-state index is 13.8. The van der Waals surface area contributed by atoms with E-state index < -0.39 is 0 Å². The highest BCUT2D eigenvalue weighted by atomic mass is 16.3. The average molecular weight is 480 g/mol. The SMILES string of the molecule is CNC(=O)c1ccc(CN(Cc2ccco2)C(=O)Cn2c3ccccc3c(=O)c3ccccc32)cc1. The number of amides is 2. The van der Waals surface area contributed by atoms with Gasteiger partial charge in [-0.1, -0.05) is 36.4 Å². The van der Waals surface area contributed by atoms with Crippen molar-refractivity contribution in [3.8, 4) is 0 Å². The third-order valence-electron chi connectivity index (χ3n) is 6.27. The summed E-state index contributed by atoms with van der Waals surface area (Å²) in [6.07, 6.45) is 1.58. The van der Waals surface area contributed by atoms with Crippen LogP contribution in [-0.2, 0) is 24.4 Å². The second-order valence-electron chi connectivity index (χ2n) is 8.55. The number of carbonyl (C=O) groups is 2. The summed E-state index contributed by atoms with van der Waals surface area (Å²) >= 11 is 0. The summed E-state index contributed by atoms with van der Waals surface area (Å²) in [6.45, 7) is 0.682. The molecule has 0 fully saturated rings. The van der Waals surface area contributed by atoms with E-state index in [9.17, 15) is 14.4 Å². The Balaban J connectivity index is 1.51. The molecule has 36 heavy (non-hydrogen) atoms. The largest absolute Gasteiger partial charge is 0.467 e. The van der Waals surface area contributed by atoms with Gasteiger partial charge in [0.2, 0.25) is 5.91 Å². The lowest BCUT2D eigenvalue weighted by molar-refractivity contribution is -0.133. The van der Waals surface area contributed by atoms with Gasteiger partial charge in [-0.2, -0.15) is 0 Å². The molecule has 180 valence electrons. The minimum atomic E-state index is -0.165. The molecule has 0 aliphatic heterocycles. The zero-order valence-electron chi connectivity index (χ0n) is 19.8. The van der Waals surface area contributed by atoms with Crippen molar-refractivity contribution in [1.82, 2.24) is 14.8 Å². The first-order valence-electron chi connectivity index (χ1n) is 11.7. The van der Waals surface area contributed by atoms with E-state index in [0.717, 1.165) is 5.56 Å². The topological polar surface area (TPSA) is 84.6 Å². The molecule has 5 aromatic rings. The Labute approximate surface area is 207 Å². The molecular formula is C29H25N3O4. The van der Waals surface area contributed by atoms with E-state index in [0.29, 0.717) is 46.2 Å². The fourth-order valence-corrected chi connectivity index (χ4v) is 4.43. The molecule has 1 N–H and O–H groups in total. The summed E-state index contributed by atoms with van der Waals surface area (Å²) in [5.41, 5.74) is 2.81. The van der Waals surface area contributed by atoms with Gasteiger partial charge in [0.15, 0.2) is 5.43 Å². The fourth-order valence-electron chi connectivity index (χ4n) is 4.43. The number of nitrogens with one attached hydrogen (secondary N) is 1. The van der Waals surface area contributed by atoms with Crippen LogP contribution in [0.5, 0.6) is 0 Å². The minimum Gasteiger partial charge on any atom is -0.467 e. The molecule has 5 rings (SSSR count). The van der Waals surface area contributed by atoms with E-state index in [-0.39, 0.29) is 23.8 Å². The van der Waals surface area contributed by atoms with Gasteiger partial charge in [-0.15, -0.1) is 0 Å². The van der Waals surface area contributed by atoms with Crippen LogP contribution in [0.3, 0.4) is 0 Å². The van der Waals surface area contributed by atoms with Gasteiger partial charge in [-0.05, 0) is 54.1 Å². The normalized spacial score (nSPS) is 11.0. The number of pyridine rings is 1. The highest BCUT2D eigenvalue weighted by Crippen LogP contribution is 2.20. The van der Waals surface area contributed by atoms with Gasteiger partial charge in [-0.3, -0.25) is 14.4 Å². The predicted molar refractivity (Wildman–Crippen MR) is 139 cm³/mol. The fraction of sp³-hybridized carbons (Fsp3) is 0.138. The molecule has 2 aromatic heterocycles. The van der Waals surface area contributed by atoms with E-state index >= 15 is 0 Å². The van der Waals surface area contributed by atoms with Crippen molar-refractivity contribution in [2.75, 3.05) is 7.05 Å². The summed E-state index contributed by atoms with van der Waals surface area (Å²) in [5.74, 6) is 0.378. The van der Waals surface area contributed by atoms with Crippen LogP contribution in [0.15, 0.2) is 100 Å². The number of rotatable bonds is 7. The minimum absolute atomic E-state index is 0.0476. The van der Waals surface area contributed by atoms with Crippen LogP contribution in [0.25, 0.3) is 21.8 Å². The number of nitrogens with zero attached hydrogens (tertiary/aromatic N) is 2. The van der Waals surface area contributed by atoms with Gasteiger partial charge < -0.3 is 19.2 Å². The molecule has 0 atom stereocenters. The van der Waals surface area contributed by atoms with Gasteiger partial charge in [0.05, 0.1) is 23.8 Å². The first kappa shape index (κ1) is 23.1. The highest BCUT2D eigenvalue weighted by Gasteiger charge is 2.19. The molecular weight excluding hydrogens is 454 g/mol. The first-order valence-corrected chi connectivity index (χ1v) is 11.7. The molecule has 0 bridgehead atoms. The lowest BCUT2D eigenvalue weighted by atomic mass is 10.1. The van der Waals surface area contributed by atoms with E-state index in [1.165, 1.54) is 0 Å². The highest BCUT2D eigenvalue weighted by molar-refractivity contribution is 5.95. The molecule has 2 amide bonds. The second kappa shape index (κ2) is 9.92. The van der Waals surface area contributed by atoms with Gasteiger partial charge in [0, 0.05) is 29.9 Å². The molecule has 3 aromatic carbocycles. The zero-order valence-corrected chi connectivity index (χ0v) is 19.8. The van der Waals surface area contributed by atoms with Crippen LogP contribution >= 0.6 is 0 Å². The summed E-state index contributed by atoms with van der Waals surface area (Å²) in [4.78, 5) is 40.4. The number of fused-ring (bicyclic) bond motifs is 2. The molecule has 0 saturated carbocycles. The molecule has 0 unspecified atom stereocenters. The molecule has 0 aliphatic carbocycles. The number of benzene rings is 3. The van der Waals surface area contributed by atoms with Crippen molar-refractivity contribution in [2.45, 2.75) is 19.6 Å². The Morgan fingerprint density at radius 2 is 1.47 bits per heavy atom. The van der Waals surface area contributed by atoms with Crippen molar-refractivity contribution < 1.29 is 14.0 Å². The van der Waals surface area contributed by atoms with E-state index in [4.69, 9.17) is 4.42 Å². The van der Waals surface area contributed by atoms with Crippen LogP contribution in [0.1, 0.15) is 21.7 Å². The molecule has 0 aliphatic rings. The van der Waals surface area contributed by atoms with Gasteiger partial charge in [0.25, 0.3) is 5.91 Å². The molecule has 0 radical (unpaired) electrons. The number of aromatic nitrogens is 1. The monoisotopic (exact) mass is 479 g/mol. The van der Waals surface area contributed by atoms with E-state index in [2.05, 4.69) is 5.32 Å². The third-order valence-corrected chi connectivity index (χ3v) is 6.27.